The molecule has 0 aromatic heterocycles. The summed E-state index contributed by atoms with van der Waals surface area (Å²) >= 11 is 0. The zero-order valence-electron chi connectivity index (χ0n) is 13.3. The molecule has 0 bridgehead atoms. The molecule has 4 rings (SSSR count). The van der Waals surface area contributed by atoms with Crippen LogP contribution in [0.25, 0.3) is 0 Å². The van der Waals surface area contributed by atoms with Gasteiger partial charge in [0.15, 0.2) is 5.84 Å². The Morgan fingerprint density at radius 3 is 2.29 bits per heavy atom. The van der Waals surface area contributed by atoms with E-state index in [0.29, 0.717) is 11.4 Å². The standard InChI is InChI=1S/C19H19N3O2/c23-18(16-11-5-2-6-12-16)20-22-17(15-9-3-1-4-10-15)21-24-19(22)13-7-8-14-19/h1-6,9-12H,7-8,13-14H2,(H,20,23). The molecule has 1 amide bonds. The van der Waals surface area contributed by atoms with Crippen LogP contribution in [0.4, 0.5) is 0 Å². The van der Waals surface area contributed by atoms with Crippen molar-refractivity contribution in [1.29, 1.82) is 0 Å². The van der Waals surface area contributed by atoms with Gasteiger partial charge in [0.05, 0.1) is 0 Å². The lowest BCUT2D eigenvalue weighted by molar-refractivity contribution is -0.106. The molecule has 2 aliphatic rings. The number of carbonyl (C=O) groups is 1. The van der Waals surface area contributed by atoms with E-state index in [1.807, 2.05) is 53.5 Å². The minimum atomic E-state index is -0.560. The van der Waals surface area contributed by atoms with Gasteiger partial charge in [-0.1, -0.05) is 53.7 Å². The van der Waals surface area contributed by atoms with Crippen LogP contribution < -0.4 is 5.43 Å². The summed E-state index contributed by atoms with van der Waals surface area (Å²) in [6.45, 7) is 0. The van der Waals surface area contributed by atoms with Gasteiger partial charge < -0.3 is 4.84 Å². The average Bonchev–Trinajstić information content (AvgIpc) is 3.25. The summed E-state index contributed by atoms with van der Waals surface area (Å²) in [7, 11) is 0. The second kappa shape index (κ2) is 6.00. The summed E-state index contributed by atoms with van der Waals surface area (Å²) in [6.07, 6.45) is 3.83. The Labute approximate surface area is 140 Å². The van der Waals surface area contributed by atoms with Crippen molar-refractivity contribution in [3.8, 4) is 0 Å². The number of hydrogen-bond donors (Lipinski definition) is 1. The average molecular weight is 321 g/mol. The van der Waals surface area contributed by atoms with Crippen molar-refractivity contribution in [1.82, 2.24) is 10.4 Å². The number of nitrogens with zero attached hydrogens (tertiary/aromatic N) is 2. The molecule has 0 saturated heterocycles. The molecule has 1 aliphatic heterocycles. The van der Waals surface area contributed by atoms with Crippen LogP contribution in [0.15, 0.2) is 65.8 Å². The summed E-state index contributed by atoms with van der Waals surface area (Å²) in [5.74, 6) is 0.498. The minimum absolute atomic E-state index is 0.156. The van der Waals surface area contributed by atoms with Gasteiger partial charge in [-0.05, 0) is 25.0 Å². The number of nitrogens with one attached hydrogen (secondary N) is 1. The molecule has 1 heterocycles. The molecule has 24 heavy (non-hydrogen) atoms. The maximum absolute atomic E-state index is 12.7. The second-order valence-corrected chi connectivity index (χ2v) is 6.17. The lowest BCUT2D eigenvalue weighted by Gasteiger charge is -2.33. The molecular weight excluding hydrogens is 302 g/mol. The van der Waals surface area contributed by atoms with Crippen LogP contribution in [0.2, 0.25) is 0 Å². The molecule has 0 atom stereocenters. The van der Waals surface area contributed by atoms with Gasteiger partial charge in [0.25, 0.3) is 5.91 Å². The highest BCUT2D eigenvalue weighted by molar-refractivity contribution is 6.02. The second-order valence-electron chi connectivity index (χ2n) is 6.17. The summed E-state index contributed by atoms with van der Waals surface area (Å²) < 4.78 is 0. The van der Waals surface area contributed by atoms with Crippen molar-refractivity contribution in [3.05, 3.63) is 71.8 Å². The van der Waals surface area contributed by atoms with Gasteiger partial charge in [0, 0.05) is 24.0 Å². The Balaban J connectivity index is 1.65. The molecule has 0 radical (unpaired) electrons. The van der Waals surface area contributed by atoms with Crippen molar-refractivity contribution in [2.24, 2.45) is 5.16 Å². The van der Waals surface area contributed by atoms with E-state index in [-0.39, 0.29) is 5.91 Å². The summed E-state index contributed by atoms with van der Waals surface area (Å²) in [4.78, 5) is 18.5. The molecule has 1 spiro atoms. The minimum Gasteiger partial charge on any atom is -0.363 e. The molecule has 1 aliphatic carbocycles. The fourth-order valence-corrected chi connectivity index (χ4v) is 3.32. The van der Waals surface area contributed by atoms with E-state index < -0.39 is 5.72 Å². The maximum Gasteiger partial charge on any atom is 0.269 e. The van der Waals surface area contributed by atoms with E-state index in [0.717, 1.165) is 31.2 Å². The van der Waals surface area contributed by atoms with Crippen molar-refractivity contribution in [2.45, 2.75) is 31.4 Å². The zero-order valence-corrected chi connectivity index (χ0v) is 13.3. The Kier molecular flexibility index (Phi) is 3.69. The first-order valence-electron chi connectivity index (χ1n) is 8.26. The molecule has 2 aromatic rings. The zero-order chi connectivity index (χ0) is 16.4. The molecule has 1 saturated carbocycles. The Morgan fingerprint density at radius 2 is 1.62 bits per heavy atom. The van der Waals surface area contributed by atoms with Gasteiger partial charge in [-0.3, -0.25) is 10.2 Å². The Bertz CT molecular complexity index is 753. The summed E-state index contributed by atoms with van der Waals surface area (Å²) in [5, 5.41) is 6.12. The van der Waals surface area contributed by atoms with Gasteiger partial charge in [0.1, 0.15) is 0 Å². The number of hydrogen-bond acceptors (Lipinski definition) is 4. The molecule has 5 nitrogen and oxygen atoms in total. The lowest BCUT2D eigenvalue weighted by Crippen LogP contribution is -2.56. The first-order valence-corrected chi connectivity index (χ1v) is 8.26. The number of rotatable bonds is 3. The van der Waals surface area contributed by atoms with Gasteiger partial charge in [-0.2, -0.15) is 0 Å². The topological polar surface area (TPSA) is 53.9 Å². The summed E-state index contributed by atoms with van der Waals surface area (Å²) in [6, 6.07) is 19.0. The van der Waals surface area contributed by atoms with Crippen LogP contribution >= 0.6 is 0 Å². The third-order valence-electron chi connectivity index (χ3n) is 4.59. The van der Waals surface area contributed by atoms with E-state index in [2.05, 4.69) is 10.6 Å². The van der Waals surface area contributed by atoms with Crippen molar-refractivity contribution in [2.75, 3.05) is 0 Å². The van der Waals surface area contributed by atoms with E-state index in [1.54, 1.807) is 12.1 Å². The van der Waals surface area contributed by atoms with Gasteiger partial charge in [0.2, 0.25) is 5.72 Å². The van der Waals surface area contributed by atoms with Crippen molar-refractivity contribution < 1.29 is 9.63 Å². The van der Waals surface area contributed by atoms with Crippen LogP contribution in [-0.4, -0.2) is 22.5 Å². The van der Waals surface area contributed by atoms with E-state index >= 15 is 0 Å². The first kappa shape index (κ1) is 14.8. The van der Waals surface area contributed by atoms with E-state index in [9.17, 15) is 4.79 Å². The van der Waals surface area contributed by atoms with Crippen LogP contribution in [0, 0.1) is 0 Å². The highest BCUT2D eigenvalue weighted by Crippen LogP contribution is 2.40. The van der Waals surface area contributed by atoms with Crippen molar-refractivity contribution >= 4 is 11.7 Å². The van der Waals surface area contributed by atoms with Crippen LogP contribution in [0.3, 0.4) is 0 Å². The van der Waals surface area contributed by atoms with Crippen LogP contribution in [0.1, 0.15) is 41.6 Å². The normalized spacial score (nSPS) is 18.3. The monoisotopic (exact) mass is 321 g/mol. The fourth-order valence-electron chi connectivity index (χ4n) is 3.32. The van der Waals surface area contributed by atoms with E-state index in [4.69, 9.17) is 4.84 Å². The predicted octanol–water partition coefficient (Wildman–Crippen LogP) is 3.30. The maximum atomic E-state index is 12.7. The van der Waals surface area contributed by atoms with Gasteiger partial charge >= 0.3 is 0 Å². The quantitative estimate of drug-likeness (QED) is 0.944. The van der Waals surface area contributed by atoms with Crippen LogP contribution in [-0.2, 0) is 4.84 Å². The number of oxime groups is 1. The third-order valence-corrected chi connectivity index (χ3v) is 4.59. The molecule has 1 N–H and O–H groups in total. The predicted molar refractivity (Wildman–Crippen MR) is 91.0 cm³/mol. The third kappa shape index (κ3) is 2.52. The number of amidine groups is 1. The molecule has 122 valence electrons. The first-order chi connectivity index (χ1) is 11.8. The number of benzene rings is 2. The summed E-state index contributed by atoms with van der Waals surface area (Å²) in [5.41, 5.74) is 4.00. The largest absolute Gasteiger partial charge is 0.363 e. The highest BCUT2D eigenvalue weighted by atomic mass is 16.7. The SMILES string of the molecule is O=C(NN1C(c2ccccc2)=NOC12CCCC2)c1ccccc1. The highest BCUT2D eigenvalue weighted by Gasteiger charge is 2.49. The molecule has 1 fully saturated rings. The van der Waals surface area contributed by atoms with Crippen molar-refractivity contribution in [3.63, 3.8) is 0 Å². The molecule has 0 unspecified atom stereocenters. The fraction of sp³-hybridized carbons (Fsp3) is 0.263. The van der Waals surface area contributed by atoms with E-state index in [1.165, 1.54) is 0 Å². The van der Waals surface area contributed by atoms with Crippen LogP contribution in [0.5, 0.6) is 0 Å². The number of carbonyl (C=O) groups excluding carboxylic acids is 1. The molecule has 5 heteroatoms. The number of hydrazine groups is 1. The Hall–Kier alpha value is -2.82. The number of amides is 1. The molecular formula is C19H19N3O2. The smallest absolute Gasteiger partial charge is 0.269 e. The van der Waals surface area contributed by atoms with Gasteiger partial charge in [-0.15, -0.1) is 0 Å². The van der Waals surface area contributed by atoms with Gasteiger partial charge in [-0.25, -0.2) is 5.01 Å². The Morgan fingerprint density at radius 1 is 1.00 bits per heavy atom. The lowest BCUT2D eigenvalue weighted by atomic mass is 10.1. The molecule has 2 aromatic carbocycles.